The molecular weight excluding hydrogens is 298 g/mol. The van der Waals surface area contributed by atoms with Gasteiger partial charge in [-0.15, -0.1) is 0 Å². The minimum atomic E-state index is -3.81. The molecule has 0 amide bonds. The Morgan fingerprint density at radius 1 is 1.19 bits per heavy atom. The van der Waals surface area contributed by atoms with Crippen molar-refractivity contribution in [2.45, 2.75) is 18.4 Å². The molecule has 0 saturated carbocycles. The summed E-state index contributed by atoms with van der Waals surface area (Å²) >= 11 is 0. The van der Waals surface area contributed by atoms with Gasteiger partial charge in [-0.3, -0.25) is 0 Å². The highest BCUT2D eigenvalue weighted by Gasteiger charge is 2.11. The lowest BCUT2D eigenvalue weighted by atomic mass is 10.1. The average Bonchev–Trinajstić information content (AvgIpc) is 2.40. The molecule has 21 heavy (non-hydrogen) atoms. The molecule has 0 fully saturated rings. The van der Waals surface area contributed by atoms with Crippen LogP contribution in [0.3, 0.4) is 0 Å². The van der Waals surface area contributed by atoms with Crippen molar-refractivity contribution in [2.24, 2.45) is 5.14 Å². The SMILES string of the molecule is Cc1ccc(S(N)(=O)=O)cc1NCc1cccc(F)c1F. The third-order valence-corrected chi connectivity index (χ3v) is 3.95. The first-order valence-electron chi connectivity index (χ1n) is 6.09. The van der Waals surface area contributed by atoms with Gasteiger partial charge in [0.25, 0.3) is 0 Å². The topological polar surface area (TPSA) is 72.2 Å². The Labute approximate surface area is 121 Å². The van der Waals surface area contributed by atoms with E-state index in [9.17, 15) is 17.2 Å². The fourth-order valence-electron chi connectivity index (χ4n) is 1.84. The number of aryl methyl sites for hydroxylation is 1. The summed E-state index contributed by atoms with van der Waals surface area (Å²) in [6.45, 7) is 1.79. The predicted octanol–water partition coefficient (Wildman–Crippen LogP) is 2.53. The average molecular weight is 312 g/mol. The molecule has 0 bridgehead atoms. The number of halogens is 2. The van der Waals surface area contributed by atoms with Crippen LogP contribution in [-0.2, 0) is 16.6 Å². The van der Waals surface area contributed by atoms with Gasteiger partial charge in [0.1, 0.15) is 0 Å². The summed E-state index contributed by atoms with van der Waals surface area (Å²) in [6, 6.07) is 8.23. The van der Waals surface area contributed by atoms with Crippen LogP contribution in [0, 0.1) is 18.6 Å². The second-order valence-corrected chi connectivity index (χ2v) is 6.15. The zero-order valence-corrected chi connectivity index (χ0v) is 12.0. The standard InChI is InChI=1S/C14H14F2N2O2S/c1-9-5-6-11(21(17,19)20)7-13(9)18-8-10-3-2-4-12(15)14(10)16/h2-7,18H,8H2,1H3,(H2,17,19,20). The van der Waals surface area contributed by atoms with Crippen LogP contribution < -0.4 is 10.5 Å². The molecule has 0 radical (unpaired) electrons. The van der Waals surface area contributed by atoms with Gasteiger partial charge in [-0.25, -0.2) is 22.3 Å². The van der Waals surface area contributed by atoms with Crippen molar-refractivity contribution in [2.75, 3.05) is 5.32 Å². The number of rotatable bonds is 4. The number of hydrogen-bond acceptors (Lipinski definition) is 3. The third-order valence-electron chi connectivity index (χ3n) is 3.04. The number of nitrogens with two attached hydrogens (primary N) is 1. The van der Waals surface area contributed by atoms with E-state index in [-0.39, 0.29) is 17.0 Å². The summed E-state index contributed by atoms with van der Waals surface area (Å²) in [4.78, 5) is -0.0460. The zero-order chi connectivity index (χ0) is 15.6. The van der Waals surface area contributed by atoms with Gasteiger partial charge in [0.2, 0.25) is 10.0 Å². The summed E-state index contributed by atoms with van der Waals surface area (Å²) in [5, 5.41) is 7.94. The molecule has 0 aliphatic rings. The molecule has 112 valence electrons. The normalized spacial score (nSPS) is 11.4. The first kappa shape index (κ1) is 15.4. The maximum absolute atomic E-state index is 13.5. The Morgan fingerprint density at radius 2 is 1.90 bits per heavy atom. The van der Waals surface area contributed by atoms with Gasteiger partial charge < -0.3 is 5.32 Å². The summed E-state index contributed by atoms with van der Waals surface area (Å²) < 4.78 is 49.3. The van der Waals surface area contributed by atoms with Crippen molar-refractivity contribution in [3.8, 4) is 0 Å². The quantitative estimate of drug-likeness (QED) is 0.911. The Kier molecular flexibility index (Phi) is 4.24. The highest BCUT2D eigenvalue weighted by atomic mass is 32.2. The molecule has 0 unspecified atom stereocenters. The van der Waals surface area contributed by atoms with Crippen LogP contribution in [0.25, 0.3) is 0 Å². The Bertz CT molecular complexity index is 777. The van der Waals surface area contributed by atoms with Crippen LogP contribution in [0.1, 0.15) is 11.1 Å². The van der Waals surface area contributed by atoms with Crippen LogP contribution in [0.2, 0.25) is 0 Å². The van der Waals surface area contributed by atoms with Crippen molar-refractivity contribution < 1.29 is 17.2 Å². The molecule has 0 aliphatic carbocycles. The second-order valence-electron chi connectivity index (χ2n) is 4.59. The first-order chi connectivity index (χ1) is 9.79. The predicted molar refractivity (Wildman–Crippen MR) is 76.2 cm³/mol. The maximum atomic E-state index is 13.5. The maximum Gasteiger partial charge on any atom is 0.238 e. The summed E-state index contributed by atoms with van der Waals surface area (Å²) in [7, 11) is -3.81. The molecule has 0 atom stereocenters. The van der Waals surface area contributed by atoms with Crippen LogP contribution >= 0.6 is 0 Å². The lowest BCUT2D eigenvalue weighted by Crippen LogP contribution is -2.13. The minimum absolute atomic E-state index is 0.0263. The van der Waals surface area contributed by atoms with E-state index in [1.807, 2.05) is 0 Å². The molecule has 0 aliphatic heterocycles. The van der Waals surface area contributed by atoms with Crippen molar-refractivity contribution in [3.05, 3.63) is 59.2 Å². The van der Waals surface area contributed by atoms with Crippen LogP contribution in [0.15, 0.2) is 41.3 Å². The van der Waals surface area contributed by atoms with E-state index in [0.29, 0.717) is 5.69 Å². The Balaban J connectivity index is 2.26. The summed E-state index contributed by atoms with van der Waals surface area (Å²) in [5.41, 5.74) is 1.40. The van der Waals surface area contributed by atoms with Gasteiger partial charge >= 0.3 is 0 Å². The highest BCUT2D eigenvalue weighted by Crippen LogP contribution is 2.21. The minimum Gasteiger partial charge on any atom is -0.381 e. The van der Waals surface area contributed by atoms with Gasteiger partial charge in [-0.2, -0.15) is 0 Å². The zero-order valence-electron chi connectivity index (χ0n) is 11.2. The summed E-state index contributed by atoms with van der Waals surface area (Å²) in [6.07, 6.45) is 0. The number of nitrogens with one attached hydrogen (secondary N) is 1. The molecule has 2 rings (SSSR count). The largest absolute Gasteiger partial charge is 0.381 e. The van der Waals surface area contributed by atoms with Crippen LogP contribution in [0.5, 0.6) is 0 Å². The van der Waals surface area contributed by atoms with Gasteiger partial charge in [0.05, 0.1) is 4.90 Å². The highest BCUT2D eigenvalue weighted by molar-refractivity contribution is 7.89. The molecule has 2 aromatic rings. The van der Waals surface area contributed by atoms with E-state index < -0.39 is 21.7 Å². The number of anilines is 1. The smallest absolute Gasteiger partial charge is 0.238 e. The summed E-state index contributed by atoms with van der Waals surface area (Å²) in [5.74, 6) is -1.85. The molecule has 0 aromatic heterocycles. The molecule has 2 aromatic carbocycles. The molecule has 3 N–H and O–H groups in total. The fraction of sp³-hybridized carbons (Fsp3) is 0.143. The molecular formula is C14H14F2N2O2S. The van der Waals surface area contributed by atoms with Gasteiger partial charge in [0.15, 0.2) is 11.6 Å². The number of hydrogen-bond donors (Lipinski definition) is 2. The molecule has 4 nitrogen and oxygen atoms in total. The van der Waals surface area contributed by atoms with E-state index in [0.717, 1.165) is 11.6 Å². The van der Waals surface area contributed by atoms with Gasteiger partial charge in [0, 0.05) is 17.8 Å². The molecule has 0 spiro atoms. The van der Waals surface area contributed by atoms with Crippen molar-refractivity contribution in [3.63, 3.8) is 0 Å². The Morgan fingerprint density at radius 3 is 2.57 bits per heavy atom. The van der Waals surface area contributed by atoms with E-state index >= 15 is 0 Å². The monoisotopic (exact) mass is 312 g/mol. The number of benzene rings is 2. The van der Waals surface area contributed by atoms with Gasteiger partial charge in [-0.1, -0.05) is 18.2 Å². The van der Waals surface area contributed by atoms with Crippen molar-refractivity contribution in [1.82, 2.24) is 0 Å². The van der Waals surface area contributed by atoms with E-state index in [4.69, 9.17) is 5.14 Å². The van der Waals surface area contributed by atoms with E-state index in [2.05, 4.69) is 5.32 Å². The van der Waals surface area contributed by atoms with E-state index in [1.54, 1.807) is 13.0 Å². The molecule has 0 heterocycles. The Hall–Kier alpha value is -1.99. The van der Waals surface area contributed by atoms with Crippen molar-refractivity contribution in [1.29, 1.82) is 0 Å². The first-order valence-corrected chi connectivity index (χ1v) is 7.64. The van der Waals surface area contributed by atoms with E-state index in [1.165, 1.54) is 24.3 Å². The van der Waals surface area contributed by atoms with Gasteiger partial charge in [-0.05, 0) is 30.7 Å². The molecule has 7 heteroatoms. The van der Waals surface area contributed by atoms with Crippen LogP contribution in [0.4, 0.5) is 14.5 Å². The lowest BCUT2D eigenvalue weighted by Gasteiger charge is -2.11. The number of sulfonamides is 1. The molecule has 0 saturated heterocycles. The van der Waals surface area contributed by atoms with Crippen LogP contribution in [-0.4, -0.2) is 8.42 Å². The number of primary sulfonamides is 1. The lowest BCUT2D eigenvalue weighted by molar-refractivity contribution is 0.500. The van der Waals surface area contributed by atoms with Crippen molar-refractivity contribution >= 4 is 15.7 Å². The fourth-order valence-corrected chi connectivity index (χ4v) is 2.38. The second kappa shape index (κ2) is 5.79. The third kappa shape index (κ3) is 3.56.